The Bertz CT molecular complexity index is 662. The molecular weight excluding hydrogens is 285 g/mol. The van der Waals surface area contributed by atoms with E-state index >= 15 is 0 Å². The van der Waals surface area contributed by atoms with Crippen LogP contribution in [0.4, 0.5) is 15.8 Å². The first-order chi connectivity index (χ1) is 11.2. The molecule has 0 radical (unpaired) electrons. The Kier molecular flexibility index (Phi) is 3.84. The Morgan fingerprint density at radius 3 is 2.26 bits per heavy atom. The van der Waals surface area contributed by atoms with Gasteiger partial charge in [0.15, 0.2) is 0 Å². The zero-order valence-corrected chi connectivity index (χ0v) is 13.8. The first-order valence-electron chi connectivity index (χ1n) is 8.89. The zero-order valence-electron chi connectivity index (χ0n) is 13.8. The first-order valence-corrected chi connectivity index (χ1v) is 8.89. The number of benzene rings is 2. The first kappa shape index (κ1) is 14.7. The van der Waals surface area contributed by atoms with Gasteiger partial charge >= 0.3 is 0 Å². The number of halogens is 1. The molecule has 2 aliphatic rings. The lowest BCUT2D eigenvalue weighted by Gasteiger charge is -2.37. The van der Waals surface area contributed by atoms with Gasteiger partial charge in [0.2, 0.25) is 0 Å². The molecule has 1 saturated carbocycles. The second-order valence-corrected chi connectivity index (χ2v) is 7.07. The molecule has 1 nitrogen and oxygen atoms in total. The lowest BCUT2D eigenvalue weighted by molar-refractivity contribution is 0.435. The fraction of sp³-hybridized carbons (Fsp3) is 0.429. The van der Waals surface area contributed by atoms with E-state index in [0.717, 1.165) is 18.4 Å². The maximum absolute atomic E-state index is 13.8. The summed E-state index contributed by atoms with van der Waals surface area (Å²) in [6.07, 6.45) is 8.36. The second-order valence-electron chi connectivity index (χ2n) is 7.07. The number of fused-ring (bicyclic) bond motifs is 2. The highest BCUT2D eigenvalue weighted by atomic mass is 19.1. The summed E-state index contributed by atoms with van der Waals surface area (Å²) >= 11 is 0. The van der Waals surface area contributed by atoms with E-state index in [2.05, 4.69) is 30.0 Å². The molecule has 2 aromatic rings. The van der Waals surface area contributed by atoms with Crippen molar-refractivity contribution in [3.63, 3.8) is 0 Å². The molecule has 1 aliphatic heterocycles. The van der Waals surface area contributed by atoms with E-state index in [0.29, 0.717) is 6.04 Å². The minimum Gasteiger partial charge on any atom is -0.338 e. The van der Waals surface area contributed by atoms with Crippen molar-refractivity contribution in [2.75, 3.05) is 4.90 Å². The van der Waals surface area contributed by atoms with Gasteiger partial charge in [-0.15, -0.1) is 0 Å². The van der Waals surface area contributed by atoms with Crippen LogP contribution in [-0.4, -0.2) is 6.04 Å². The van der Waals surface area contributed by atoms with Crippen molar-refractivity contribution in [1.82, 2.24) is 0 Å². The summed E-state index contributed by atoms with van der Waals surface area (Å²) in [7, 11) is 0. The van der Waals surface area contributed by atoms with Gasteiger partial charge in [-0.05, 0) is 68.0 Å². The van der Waals surface area contributed by atoms with Crippen molar-refractivity contribution >= 4 is 11.4 Å². The second kappa shape index (κ2) is 5.99. The third kappa shape index (κ3) is 2.75. The number of hydrogen-bond donors (Lipinski definition) is 0. The normalized spacial score (nSPS) is 18.3. The molecule has 0 atom stereocenters. The van der Waals surface area contributed by atoms with Crippen molar-refractivity contribution in [3.8, 4) is 0 Å². The summed E-state index contributed by atoms with van der Waals surface area (Å²) in [6.45, 7) is 2.16. The number of rotatable bonds is 1. The lowest BCUT2D eigenvalue weighted by atomic mass is 9.92. The van der Waals surface area contributed by atoms with Crippen LogP contribution in [-0.2, 0) is 12.8 Å². The molecule has 0 unspecified atom stereocenters. The third-order valence-electron chi connectivity index (χ3n) is 5.40. The molecule has 2 heteroatoms. The van der Waals surface area contributed by atoms with Gasteiger partial charge in [-0.25, -0.2) is 4.39 Å². The monoisotopic (exact) mass is 309 g/mol. The average Bonchev–Trinajstić information content (AvgIpc) is 2.72. The van der Waals surface area contributed by atoms with Gasteiger partial charge < -0.3 is 4.90 Å². The SMILES string of the molecule is Cc1ccc2c(c1)CCc1cc(F)ccc1N2C1CCCCC1. The van der Waals surface area contributed by atoms with Crippen LogP contribution in [0.15, 0.2) is 36.4 Å². The Balaban J connectivity index is 1.86. The van der Waals surface area contributed by atoms with Crippen molar-refractivity contribution in [2.45, 2.75) is 57.9 Å². The van der Waals surface area contributed by atoms with Gasteiger partial charge in [-0.2, -0.15) is 0 Å². The van der Waals surface area contributed by atoms with Crippen molar-refractivity contribution < 1.29 is 4.39 Å². The molecule has 0 amide bonds. The molecule has 23 heavy (non-hydrogen) atoms. The Labute approximate surface area is 138 Å². The molecule has 1 aliphatic carbocycles. The highest BCUT2D eigenvalue weighted by Crippen LogP contribution is 2.41. The highest BCUT2D eigenvalue weighted by Gasteiger charge is 2.28. The summed E-state index contributed by atoms with van der Waals surface area (Å²) in [5.74, 6) is -0.116. The molecule has 1 fully saturated rings. The molecule has 0 bridgehead atoms. The van der Waals surface area contributed by atoms with Crippen LogP contribution in [0.3, 0.4) is 0 Å². The predicted octanol–water partition coefficient (Wildman–Crippen LogP) is 5.70. The van der Waals surface area contributed by atoms with E-state index in [4.69, 9.17) is 0 Å². The molecule has 4 rings (SSSR count). The predicted molar refractivity (Wildman–Crippen MR) is 94.0 cm³/mol. The standard InChI is InChI=1S/C21H24FN/c1-15-7-11-20-16(13-15)8-9-17-14-18(22)10-12-21(17)23(20)19-5-3-2-4-6-19/h7,10-14,19H,2-6,8-9H2,1H3. The van der Waals surface area contributed by atoms with E-state index in [1.54, 1.807) is 12.1 Å². The van der Waals surface area contributed by atoms with Crippen LogP contribution < -0.4 is 4.90 Å². The van der Waals surface area contributed by atoms with E-state index < -0.39 is 0 Å². The van der Waals surface area contributed by atoms with Gasteiger partial charge in [0.25, 0.3) is 0 Å². The van der Waals surface area contributed by atoms with Crippen molar-refractivity contribution in [2.24, 2.45) is 0 Å². The number of nitrogens with zero attached hydrogens (tertiary/aromatic N) is 1. The largest absolute Gasteiger partial charge is 0.338 e. The minimum atomic E-state index is -0.116. The van der Waals surface area contributed by atoms with Crippen molar-refractivity contribution in [1.29, 1.82) is 0 Å². The van der Waals surface area contributed by atoms with E-state index in [1.807, 2.05) is 6.07 Å². The molecule has 0 aromatic heterocycles. The quantitative estimate of drug-likeness (QED) is 0.653. The summed E-state index contributed by atoms with van der Waals surface area (Å²) in [4.78, 5) is 2.52. The van der Waals surface area contributed by atoms with Crippen LogP contribution in [0, 0.1) is 12.7 Å². The fourth-order valence-electron chi connectivity index (χ4n) is 4.27. The number of hydrogen-bond acceptors (Lipinski definition) is 1. The lowest BCUT2D eigenvalue weighted by Crippen LogP contribution is -2.33. The Morgan fingerprint density at radius 1 is 0.870 bits per heavy atom. The van der Waals surface area contributed by atoms with Crippen LogP contribution in [0.1, 0.15) is 48.8 Å². The molecule has 120 valence electrons. The zero-order chi connectivity index (χ0) is 15.8. The third-order valence-corrected chi connectivity index (χ3v) is 5.40. The van der Waals surface area contributed by atoms with Crippen molar-refractivity contribution in [3.05, 3.63) is 58.9 Å². The molecule has 1 heterocycles. The topological polar surface area (TPSA) is 3.24 Å². The number of anilines is 2. The van der Waals surface area contributed by atoms with Gasteiger partial charge in [0.05, 0.1) is 0 Å². The van der Waals surface area contributed by atoms with E-state index in [9.17, 15) is 4.39 Å². The van der Waals surface area contributed by atoms with Gasteiger partial charge in [0.1, 0.15) is 5.82 Å². The maximum Gasteiger partial charge on any atom is 0.123 e. The summed E-state index contributed by atoms with van der Waals surface area (Å²) < 4.78 is 13.8. The Morgan fingerprint density at radius 2 is 1.52 bits per heavy atom. The van der Waals surface area contributed by atoms with Crippen LogP contribution in [0.25, 0.3) is 0 Å². The van der Waals surface area contributed by atoms with E-state index in [1.165, 1.54) is 54.6 Å². The number of aryl methyl sites for hydroxylation is 3. The van der Waals surface area contributed by atoms with Crippen LogP contribution in [0.5, 0.6) is 0 Å². The van der Waals surface area contributed by atoms with Crippen LogP contribution in [0.2, 0.25) is 0 Å². The van der Waals surface area contributed by atoms with E-state index in [-0.39, 0.29) is 5.82 Å². The average molecular weight is 309 g/mol. The molecule has 0 saturated heterocycles. The van der Waals surface area contributed by atoms with Gasteiger partial charge in [-0.3, -0.25) is 0 Å². The summed E-state index contributed by atoms with van der Waals surface area (Å²) in [5.41, 5.74) is 6.44. The molecular formula is C21H24FN. The minimum absolute atomic E-state index is 0.116. The summed E-state index contributed by atoms with van der Waals surface area (Å²) in [6, 6.07) is 12.7. The molecule has 2 aromatic carbocycles. The summed E-state index contributed by atoms with van der Waals surface area (Å²) in [5, 5.41) is 0. The Hall–Kier alpha value is -1.83. The smallest absolute Gasteiger partial charge is 0.123 e. The maximum atomic E-state index is 13.8. The highest BCUT2D eigenvalue weighted by molar-refractivity contribution is 5.72. The van der Waals surface area contributed by atoms with Crippen LogP contribution >= 0.6 is 0 Å². The van der Waals surface area contributed by atoms with Gasteiger partial charge in [0, 0.05) is 17.4 Å². The molecule has 0 N–H and O–H groups in total. The van der Waals surface area contributed by atoms with Gasteiger partial charge in [-0.1, -0.05) is 37.0 Å². The molecule has 0 spiro atoms. The fourth-order valence-corrected chi connectivity index (χ4v) is 4.27.